The number of ether oxygens (including phenoxy) is 1. The molecule has 0 saturated heterocycles. The second-order valence-corrected chi connectivity index (χ2v) is 3.70. The smallest absolute Gasteiger partial charge is 0.341 e. The molecule has 0 aliphatic rings. The number of aromatic nitrogens is 1. The van der Waals surface area contributed by atoms with Crippen LogP contribution in [0.1, 0.15) is 29.4 Å². The third-order valence-corrected chi connectivity index (χ3v) is 2.50. The minimum atomic E-state index is -1.19. The fourth-order valence-corrected chi connectivity index (χ4v) is 1.58. The Morgan fingerprint density at radius 1 is 1.47 bits per heavy atom. The van der Waals surface area contributed by atoms with Gasteiger partial charge >= 0.3 is 5.97 Å². The number of pyridine rings is 1. The SMILES string of the molecule is CCOCCCn1c(C)ccc(C(=O)O)c1=O. The zero-order chi connectivity index (χ0) is 12.8. The van der Waals surface area contributed by atoms with Crippen LogP contribution in [0.4, 0.5) is 0 Å². The van der Waals surface area contributed by atoms with Crippen molar-refractivity contribution in [1.29, 1.82) is 0 Å². The Labute approximate surface area is 99.6 Å². The first kappa shape index (κ1) is 13.4. The van der Waals surface area contributed by atoms with Crippen LogP contribution in [0.3, 0.4) is 0 Å². The van der Waals surface area contributed by atoms with E-state index in [1.54, 1.807) is 13.0 Å². The van der Waals surface area contributed by atoms with E-state index in [0.29, 0.717) is 26.2 Å². The lowest BCUT2D eigenvalue weighted by molar-refractivity contribution is 0.0694. The molecular weight excluding hydrogens is 222 g/mol. The molecule has 1 N–H and O–H groups in total. The van der Waals surface area contributed by atoms with E-state index in [4.69, 9.17) is 9.84 Å². The van der Waals surface area contributed by atoms with E-state index in [0.717, 1.165) is 5.69 Å². The van der Waals surface area contributed by atoms with Crippen molar-refractivity contribution in [3.8, 4) is 0 Å². The highest BCUT2D eigenvalue weighted by atomic mass is 16.5. The van der Waals surface area contributed by atoms with Gasteiger partial charge in [0.05, 0.1) is 0 Å². The lowest BCUT2D eigenvalue weighted by atomic mass is 10.2. The molecule has 0 spiro atoms. The maximum absolute atomic E-state index is 11.8. The Kier molecular flexibility index (Phi) is 4.90. The van der Waals surface area contributed by atoms with Gasteiger partial charge < -0.3 is 14.4 Å². The van der Waals surface area contributed by atoms with Crippen molar-refractivity contribution in [2.75, 3.05) is 13.2 Å². The van der Waals surface area contributed by atoms with E-state index in [-0.39, 0.29) is 5.56 Å². The van der Waals surface area contributed by atoms with Gasteiger partial charge in [-0.1, -0.05) is 0 Å². The van der Waals surface area contributed by atoms with Gasteiger partial charge in [-0.2, -0.15) is 0 Å². The average molecular weight is 239 g/mol. The van der Waals surface area contributed by atoms with E-state index in [1.165, 1.54) is 10.6 Å². The molecule has 1 aromatic rings. The van der Waals surface area contributed by atoms with Crippen LogP contribution in [0, 0.1) is 6.92 Å². The third-order valence-electron chi connectivity index (χ3n) is 2.50. The number of hydrogen-bond donors (Lipinski definition) is 1. The maximum atomic E-state index is 11.8. The summed E-state index contributed by atoms with van der Waals surface area (Å²) in [5, 5.41) is 8.85. The van der Waals surface area contributed by atoms with Gasteiger partial charge in [0.15, 0.2) is 0 Å². The van der Waals surface area contributed by atoms with Crippen LogP contribution in [0.2, 0.25) is 0 Å². The van der Waals surface area contributed by atoms with Crippen LogP contribution in [0.5, 0.6) is 0 Å². The molecule has 17 heavy (non-hydrogen) atoms. The van der Waals surface area contributed by atoms with Crippen molar-refractivity contribution in [2.45, 2.75) is 26.8 Å². The number of carbonyl (C=O) groups is 1. The van der Waals surface area contributed by atoms with Gasteiger partial charge in [0, 0.05) is 25.5 Å². The molecule has 0 radical (unpaired) electrons. The van der Waals surface area contributed by atoms with Crippen molar-refractivity contribution in [3.63, 3.8) is 0 Å². The number of hydrogen-bond acceptors (Lipinski definition) is 3. The van der Waals surface area contributed by atoms with E-state index < -0.39 is 11.5 Å². The van der Waals surface area contributed by atoms with Crippen LogP contribution in [-0.2, 0) is 11.3 Å². The molecule has 94 valence electrons. The predicted octanol–water partition coefficient (Wildman–Crippen LogP) is 1.28. The lowest BCUT2D eigenvalue weighted by Gasteiger charge is -2.10. The lowest BCUT2D eigenvalue weighted by Crippen LogP contribution is -2.28. The van der Waals surface area contributed by atoms with E-state index >= 15 is 0 Å². The molecule has 0 bridgehead atoms. The zero-order valence-electron chi connectivity index (χ0n) is 10.1. The summed E-state index contributed by atoms with van der Waals surface area (Å²) in [6.45, 7) is 5.38. The van der Waals surface area contributed by atoms with Gasteiger partial charge in [-0.05, 0) is 32.4 Å². The fourth-order valence-electron chi connectivity index (χ4n) is 1.58. The standard InChI is InChI=1S/C12H17NO4/c1-3-17-8-4-7-13-9(2)5-6-10(11(13)14)12(15)16/h5-6H,3-4,7-8H2,1-2H3,(H,15,16). The van der Waals surface area contributed by atoms with Gasteiger partial charge in [0.25, 0.3) is 5.56 Å². The molecule has 1 aromatic heterocycles. The molecule has 0 saturated carbocycles. The Bertz CT molecular complexity index is 450. The molecule has 0 aromatic carbocycles. The molecule has 0 amide bonds. The highest BCUT2D eigenvalue weighted by Gasteiger charge is 2.11. The summed E-state index contributed by atoms with van der Waals surface area (Å²) >= 11 is 0. The first-order chi connectivity index (χ1) is 8.07. The van der Waals surface area contributed by atoms with Crippen molar-refractivity contribution in [3.05, 3.63) is 33.7 Å². The van der Waals surface area contributed by atoms with E-state index in [9.17, 15) is 9.59 Å². The Hall–Kier alpha value is -1.62. The summed E-state index contributed by atoms with van der Waals surface area (Å²) in [7, 11) is 0. The third kappa shape index (κ3) is 3.42. The fraction of sp³-hybridized carbons (Fsp3) is 0.500. The largest absolute Gasteiger partial charge is 0.477 e. The number of rotatable bonds is 6. The normalized spacial score (nSPS) is 10.5. The van der Waals surface area contributed by atoms with Crippen molar-refractivity contribution < 1.29 is 14.6 Å². The van der Waals surface area contributed by atoms with Gasteiger partial charge in [-0.25, -0.2) is 4.79 Å². The van der Waals surface area contributed by atoms with E-state index in [2.05, 4.69) is 0 Å². The monoisotopic (exact) mass is 239 g/mol. The molecule has 0 fully saturated rings. The maximum Gasteiger partial charge on any atom is 0.341 e. The zero-order valence-corrected chi connectivity index (χ0v) is 10.1. The second-order valence-electron chi connectivity index (χ2n) is 3.70. The molecule has 0 aliphatic carbocycles. The van der Waals surface area contributed by atoms with Gasteiger partial charge in [-0.3, -0.25) is 4.79 Å². The molecule has 5 nitrogen and oxygen atoms in total. The van der Waals surface area contributed by atoms with E-state index in [1.807, 2.05) is 6.92 Å². The van der Waals surface area contributed by atoms with Crippen LogP contribution in [0.15, 0.2) is 16.9 Å². The summed E-state index contributed by atoms with van der Waals surface area (Å²) < 4.78 is 6.66. The Morgan fingerprint density at radius 3 is 2.76 bits per heavy atom. The molecular formula is C12H17NO4. The molecule has 0 unspecified atom stereocenters. The van der Waals surface area contributed by atoms with Gasteiger partial charge in [0.1, 0.15) is 5.56 Å². The Morgan fingerprint density at radius 2 is 2.18 bits per heavy atom. The van der Waals surface area contributed by atoms with Crippen molar-refractivity contribution in [2.24, 2.45) is 0 Å². The molecule has 1 rings (SSSR count). The number of aromatic carboxylic acids is 1. The molecule has 5 heteroatoms. The number of carboxylic acid groups (broad SMARTS) is 1. The highest BCUT2D eigenvalue weighted by Crippen LogP contribution is 2.00. The summed E-state index contributed by atoms with van der Waals surface area (Å²) in [5.74, 6) is -1.19. The Balaban J connectivity index is 2.87. The first-order valence-corrected chi connectivity index (χ1v) is 5.59. The predicted molar refractivity (Wildman–Crippen MR) is 63.5 cm³/mol. The first-order valence-electron chi connectivity index (χ1n) is 5.59. The summed E-state index contributed by atoms with van der Waals surface area (Å²) in [5.41, 5.74) is 0.123. The summed E-state index contributed by atoms with van der Waals surface area (Å²) in [4.78, 5) is 22.7. The topological polar surface area (TPSA) is 68.5 Å². The van der Waals surface area contributed by atoms with Gasteiger partial charge in [0.2, 0.25) is 0 Å². The van der Waals surface area contributed by atoms with Crippen LogP contribution < -0.4 is 5.56 Å². The molecule has 1 heterocycles. The minimum Gasteiger partial charge on any atom is -0.477 e. The van der Waals surface area contributed by atoms with Crippen LogP contribution >= 0.6 is 0 Å². The van der Waals surface area contributed by atoms with Crippen molar-refractivity contribution >= 4 is 5.97 Å². The molecule has 0 atom stereocenters. The minimum absolute atomic E-state index is 0.188. The number of nitrogens with zero attached hydrogens (tertiary/aromatic N) is 1. The summed E-state index contributed by atoms with van der Waals surface area (Å²) in [6, 6.07) is 2.99. The number of carboxylic acids is 1. The quantitative estimate of drug-likeness (QED) is 0.759. The van der Waals surface area contributed by atoms with Crippen LogP contribution in [-0.4, -0.2) is 28.9 Å². The highest BCUT2D eigenvalue weighted by molar-refractivity contribution is 5.87. The summed E-state index contributed by atoms with van der Waals surface area (Å²) in [6.07, 6.45) is 0.692. The second kappa shape index (κ2) is 6.20. The number of aryl methyl sites for hydroxylation is 1. The molecule has 0 aliphatic heterocycles. The van der Waals surface area contributed by atoms with Gasteiger partial charge in [-0.15, -0.1) is 0 Å². The van der Waals surface area contributed by atoms with Crippen molar-refractivity contribution in [1.82, 2.24) is 4.57 Å². The van der Waals surface area contributed by atoms with Crippen LogP contribution in [0.25, 0.3) is 0 Å². The average Bonchev–Trinajstić information content (AvgIpc) is 2.27.